The lowest BCUT2D eigenvalue weighted by Gasteiger charge is -2.29. The number of rotatable bonds is 14. The molecule has 13 rings (SSSR count). The number of hydrogen-bond acceptors (Lipinski definition) is 1. The molecule has 4 aliphatic rings. The number of halogens is 1. The number of allylic oxidation sites excluding steroid dienone is 14. The highest BCUT2D eigenvalue weighted by atomic mass is 35.5. The molecule has 3 nitrogen and oxygen atoms in total. The first kappa shape index (κ1) is 50.8. The van der Waals surface area contributed by atoms with E-state index in [9.17, 15) is 0 Å². The monoisotopic (exact) mass is 1060 g/mol. The Labute approximate surface area is 477 Å². The smallest absolute Gasteiger partial charge is 0.0580 e. The molecule has 7 aromatic carbocycles. The van der Waals surface area contributed by atoms with E-state index in [-0.39, 0.29) is 12.0 Å². The molecular weight excluding hydrogens is 990 g/mol. The highest BCUT2D eigenvalue weighted by Crippen LogP contribution is 2.55. The summed E-state index contributed by atoms with van der Waals surface area (Å²) >= 11 is 7.91. The van der Waals surface area contributed by atoms with Crippen molar-refractivity contribution in [3.05, 3.63) is 298 Å². The lowest BCUT2D eigenvalue weighted by molar-refractivity contribution is 0.348. The summed E-state index contributed by atoms with van der Waals surface area (Å²) in [5, 5.41) is 3.32. The van der Waals surface area contributed by atoms with E-state index in [1.54, 1.807) is 0 Å². The number of nitrogens with zero attached hydrogens (tertiary/aromatic N) is 3. The molecule has 0 fully saturated rings. The molecule has 80 heavy (non-hydrogen) atoms. The second-order valence-electron chi connectivity index (χ2n) is 21.3. The van der Waals surface area contributed by atoms with Crippen molar-refractivity contribution in [1.29, 1.82) is 0 Å². The molecule has 0 radical (unpaired) electrons. The van der Waals surface area contributed by atoms with Crippen LogP contribution in [-0.4, -0.2) is 26.6 Å². The fourth-order valence-corrected chi connectivity index (χ4v) is 14.1. The van der Waals surface area contributed by atoms with E-state index in [1.807, 2.05) is 0 Å². The predicted octanol–water partition coefficient (Wildman–Crippen LogP) is 19.9. The molecular formula is C76H66ClN3. The van der Waals surface area contributed by atoms with Gasteiger partial charge in [0.05, 0.1) is 17.4 Å². The van der Waals surface area contributed by atoms with Gasteiger partial charge in [-0.15, -0.1) is 0 Å². The van der Waals surface area contributed by atoms with Gasteiger partial charge < -0.3 is 14.0 Å². The fourth-order valence-electron chi connectivity index (χ4n) is 13.7. The van der Waals surface area contributed by atoms with Gasteiger partial charge in [0.15, 0.2) is 0 Å². The van der Waals surface area contributed by atoms with Crippen LogP contribution >= 0.6 is 11.6 Å². The quantitative estimate of drug-likeness (QED) is 0.106. The van der Waals surface area contributed by atoms with Gasteiger partial charge in [0.25, 0.3) is 0 Å². The molecule has 0 spiro atoms. The summed E-state index contributed by atoms with van der Waals surface area (Å²) in [6.07, 6.45) is 21.5. The molecule has 2 atom stereocenters. The van der Waals surface area contributed by atoms with E-state index in [1.165, 1.54) is 117 Å². The van der Waals surface area contributed by atoms with E-state index < -0.39 is 0 Å². The number of likely N-dealkylation sites (N-methyl/N-ethyl adjacent to an activating group) is 1. The predicted molar refractivity (Wildman–Crippen MR) is 342 cm³/mol. The lowest BCUT2D eigenvalue weighted by atomic mass is 9.81. The van der Waals surface area contributed by atoms with E-state index in [2.05, 4.69) is 284 Å². The topological polar surface area (TPSA) is 13.1 Å². The zero-order valence-corrected chi connectivity index (χ0v) is 47.0. The van der Waals surface area contributed by atoms with Crippen LogP contribution < -0.4 is 0 Å². The van der Waals surface area contributed by atoms with E-state index in [0.717, 1.165) is 55.1 Å². The third-order valence-corrected chi connectivity index (χ3v) is 17.6. The van der Waals surface area contributed by atoms with Crippen LogP contribution in [0.1, 0.15) is 80.3 Å². The van der Waals surface area contributed by atoms with Crippen LogP contribution in [0.5, 0.6) is 0 Å². The summed E-state index contributed by atoms with van der Waals surface area (Å²) in [7, 11) is 0. The summed E-state index contributed by atoms with van der Waals surface area (Å²) < 4.78 is 5.04. The molecule has 0 saturated carbocycles. The minimum absolute atomic E-state index is 0.134. The summed E-state index contributed by atoms with van der Waals surface area (Å²) in [5.41, 5.74) is 26.2. The molecule has 0 N–H and O–H groups in total. The Morgan fingerprint density at radius 1 is 0.537 bits per heavy atom. The molecule has 3 heterocycles. The third-order valence-electron chi connectivity index (χ3n) is 17.1. The van der Waals surface area contributed by atoms with Gasteiger partial charge in [-0.3, -0.25) is 0 Å². The number of hydrogen-bond donors (Lipinski definition) is 0. The average Bonchev–Trinajstić information content (AvgIpc) is 4.34. The van der Waals surface area contributed by atoms with E-state index in [0.29, 0.717) is 0 Å². The maximum absolute atomic E-state index is 7.91. The zero-order chi connectivity index (χ0) is 54.3. The highest BCUT2D eigenvalue weighted by Gasteiger charge is 2.41. The fraction of sp³-hybridized carbons (Fsp3) is 0.158. The van der Waals surface area contributed by atoms with Crippen molar-refractivity contribution in [3.8, 4) is 22.5 Å². The maximum atomic E-state index is 7.91. The molecule has 0 amide bonds. The summed E-state index contributed by atoms with van der Waals surface area (Å²) in [5.74, 6) is 0.134. The molecule has 2 unspecified atom stereocenters. The molecule has 4 heteroatoms. The van der Waals surface area contributed by atoms with Crippen molar-refractivity contribution in [2.75, 3.05) is 6.54 Å². The van der Waals surface area contributed by atoms with Crippen molar-refractivity contribution in [2.45, 2.75) is 66.1 Å². The normalized spacial score (nSPS) is 18.3. The van der Waals surface area contributed by atoms with Crippen molar-refractivity contribution < 1.29 is 0 Å². The summed E-state index contributed by atoms with van der Waals surface area (Å²) in [6, 6.07) is 71.4. The standard InChI is InChI=1S/C76H66ClN3/c1-5-57-58-37-21-22-38-59(58)69(68(57)51-29-13-9-14-30-51)63(70-60-39-23-26-42-65(60)78(6-2)74(70)54-31-15-10-16-32-54)49-47-52-45-46-53(73(52)77)48-50-64(71-61-40-24-27-43-66(61)79(7-3)75(71)55-33-17-11-18-34-55)72-62-41-25-28-44-67(62)80(8-4)76(72)56-35-19-12-20-36-56/h9-44,47-50,61,66H,5-8,45-46H2,1-4H3/b49-47+,53-48-,64-50-,69-63+. The van der Waals surface area contributed by atoms with Crippen molar-refractivity contribution in [1.82, 2.24) is 14.0 Å². The molecule has 1 aliphatic heterocycles. The van der Waals surface area contributed by atoms with Gasteiger partial charge in [-0.2, -0.15) is 0 Å². The van der Waals surface area contributed by atoms with Gasteiger partial charge in [-0.25, -0.2) is 0 Å². The minimum atomic E-state index is 0.134. The Hall–Kier alpha value is -8.63. The summed E-state index contributed by atoms with van der Waals surface area (Å²) in [4.78, 5) is 2.63. The number of fused-ring (bicyclic) bond motifs is 4. The van der Waals surface area contributed by atoms with Crippen LogP contribution in [0.4, 0.5) is 0 Å². The maximum Gasteiger partial charge on any atom is 0.0580 e. The van der Waals surface area contributed by atoms with Gasteiger partial charge >= 0.3 is 0 Å². The van der Waals surface area contributed by atoms with Crippen molar-refractivity contribution >= 4 is 67.0 Å². The largest absolute Gasteiger partial charge is 0.364 e. The second kappa shape index (κ2) is 21.9. The third kappa shape index (κ3) is 8.58. The number of aromatic nitrogens is 2. The molecule has 3 aliphatic carbocycles. The minimum Gasteiger partial charge on any atom is -0.364 e. The Morgan fingerprint density at radius 3 is 1.66 bits per heavy atom. The van der Waals surface area contributed by atoms with Crippen LogP contribution in [0, 0.1) is 5.92 Å². The Morgan fingerprint density at radius 2 is 1.06 bits per heavy atom. The molecule has 2 aromatic heterocycles. The van der Waals surface area contributed by atoms with E-state index in [4.69, 9.17) is 11.6 Å². The van der Waals surface area contributed by atoms with Crippen LogP contribution in [0.3, 0.4) is 0 Å². The van der Waals surface area contributed by atoms with Crippen LogP contribution in [0.15, 0.2) is 264 Å². The van der Waals surface area contributed by atoms with Gasteiger partial charge in [0.2, 0.25) is 0 Å². The van der Waals surface area contributed by atoms with Crippen LogP contribution in [0.2, 0.25) is 0 Å². The number of aryl methyl sites for hydroxylation is 2. The number of benzene rings is 7. The molecule has 0 bridgehead atoms. The van der Waals surface area contributed by atoms with Crippen LogP contribution in [0.25, 0.3) is 77.9 Å². The molecule has 9 aromatic rings. The highest BCUT2D eigenvalue weighted by molar-refractivity contribution is 6.33. The average molecular weight is 1060 g/mol. The van der Waals surface area contributed by atoms with E-state index >= 15 is 0 Å². The van der Waals surface area contributed by atoms with Crippen molar-refractivity contribution in [3.63, 3.8) is 0 Å². The zero-order valence-electron chi connectivity index (χ0n) is 46.2. The SMILES string of the molecule is CCC1=C(c2ccccc2)/C(=C(\C=C\C2=C(Cl)C(=C\C=C(\C3=C(c4ccccc4)N(CC)C4C=CC=CC34)c3c(-c4ccccc4)n(CC)c4ccccc34)/CC2)c2c(-c3ccccc3)n(CC)c3ccccc23)c2ccccc21. The summed E-state index contributed by atoms with van der Waals surface area (Å²) in [6.45, 7) is 11.7. The van der Waals surface area contributed by atoms with Crippen molar-refractivity contribution in [2.24, 2.45) is 5.92 Å². The Bertz CT molecular complexity index is 4150. The first-order valence-corrected chi connectivity index (χ1v) is 29.3. The van der Waals surface area contributed by atoms with Gasteiger partial charge in [-0.1, -0.05) is 249 Å². The molecule has 0 saturated heterocycles. The lowest BCUT2D eigenvalue weighted by Crippen LogP contribution is -2.32. The van der Waals surface area contributed by atoms with Crippen LogP contribution in [-0.2, 0) is 13.1 Å². The Kier molecular flexibility index (Phi) is 13.9. The first-order chi connectivity index (χ1) is 39.5. The first-order valence-electron chi connectivity index (χ1n) is 28.9. The van der Waals surface area contributed by atoms with Gasteiger partial charge in [0.1, 0.15) is 0 Å². The second-order valence-corrected chi connectivity index (χ2v) is 21.6. The Balaban J connectivity index is 1.06. The van der Waals surface area contributed by atoms with Gasteiger partial charge in [-0.05, 0) is 130 Å². The van der Waals surface area contributed by atoms with Gasteiger partial charge in [0, 0.05) is 69.2 Å². The molecule has 392 valence electrons. The number of para-hydroxylation sites is 2.